The van der Waals surface area contributed by atoms with Crippen LogP contribution in [0.4, 0.5) is 10.1 Å². The van der Waals surface area contributed by atoms with Crippen molar-refractivity contribution in [2.24, 2.45) is 0 Å². The van der Waals surface area contributed by atoms with Gasteiger partial charge in [-0.15, -0.1) is 0 Å². The zero-order chi connectivity index (χ0) is 13.1. The van der Waals surface area contributed by atoms with E-state index in [2.05, 4.69) is 10.3 Å². The van der Waals surface area contributed by atoms with Gasteiger partial charge >= 0.3 is 0 Å². The van der Waals surface area contributed by atoms with Crippen LogP contribution < -0.4 is 10.9 Å². The number of hydrogen-bond acceptors (Lipinski definition) is 2. The number of hydrogen-bond donors (Lipinski definition) is 2. The minimum absolute atomic E-state index is 0.0816. The van der Waals surface area contributed by atoms with Gasteiger partial charge in [-0.3, -0.25) is 9.59 Å². The van der Waals surface area contributed by atoms with Crippen LogP contribution >= 0.6 is 11.6 Å². The van der Waals surface area contributed by atoms with Gasteiger partial charge in [-0.1, -0.05) is 17.7 Å². The summed E-state index contributed by atoms with van der Waals surface area (Å²) in [5.74, 6) is -0.939. The molecular formula is C12H8ClFN2O2. The van der Waals surface area contributed by atoms with Gasteiger partial charge in [0, 0.05) is 11.9 Å². The molecule has 1 heterocycles. The maximum atomic E-state index is 12.9. The van der Waals surface area contributed by atoms with Crippen molar-refractivity contribution in [2.75, 3.05) is 5.32 Å². The van der Waals surface area contributed by atoms with Crippen molar-refractivity contribution < 1.29 is 9.18 Å². The topological polar surface area (TPSA) is 62.0 Å². The highest BCUT2D eigenvalue weighted by molar-refractivity contribution is 6.30. The van der Waals surface area contributed by atoms with Gasteiger partial charge in [0.05, 0.1) is 5.56 Å². The lowest BCUT2D eigenvalue weighted by Gasteiger charge is -2.05. The molecule has 0 saturated carbocycles. The lowest BCUT2D eigenvalue weighted by atomic mass is 10.2. The minimum Gasteiger partial charge on any atom is -0.327 e. The molecule has 0 aliphatic heterocycles. The summed E-state index contributed by atoms with van der Waals surface area (Å²) >= 11 is 5.60. The fraction of sp³-hybridized carbons (Fsp3) is 0. The molecule has 0 saturated heterocycles. The fourth-order valence-corrected chi connectivity index (χ4v) is 1.53. The second-order valence-corrected chi connectivity index (χ2v) is 3.94. The van der Waals surface area contributed by atoms with E-state index >= 15 is 0 Å². The summed E-state index contributed by atoms with van der Waals surface area (Å²) in [6.45, 7) is 0. The number of aromatic amines is 1. The van der Waals surface area contributed by atoms with Crippen molar-refractivity contribution in [1.29, 1.82) is 0 Å². The molecule has 6 heteroatoms. The zero-order valence-corrected chi connectivity index (χ0v) is 9.79. The summed E-state index contributed by atoms with van der Waals surface area (Å²) in [7, 11) is 0. The highest BCUT2D eigenvalue weighted by Gasteiger charge is 2.08. The molecular weight excluding hydrogens is 259 g/mol. The molecule has 2 rings (SSSR count). The minimum atomic E-state index is -0.487. The average Bonchev–Trinajstić information content (AvgIpc) is 2.32. The van der Waals surface area contributed by atoms with Gasteiger partial charge in [0.2, 0.25) is 0 Å². The first kappa shape index (κ1) is 12.3. The van der Waals surface area contributed by atoms with E-state index in [1.165, 1.54) is 30.5 Å². The smallest absolute Gasteiger partial charge is 0.266 e. The van der Waals surface area contributed by atoms with Crippen LogP contribution in [0.25, 0.3) is 0 Å². The van der Waals surface area contributed by atoms with Crippen LogP contribution in [0.3, 0.4) is 0 Å². The van der Waals surface area contributed by atoms with E-state index in [9.17, 15) is 14.0 Å². The van der Waals surface area contributed by atoms with E-state index < -0.39 is 17.3 Å². The van der Waals surface area contributed by atoms with E-state index in [1.807, 2.05) is 0 Å². The number of benzene rings is 1. The first-order chi connectivity index (χ1) is 8.56. The normalized spacial score (nSPS) is 10.1. The van der Waals surface area contributed by atoms with Gasteiger partial charge < -0.3 is 10.3 Å². The number of rotatable bonds is 2. The summed E-state index contributed by atoms with van der Waals surface area (Å²) < 4.78 is 12.9. The molecule has 0 spiro atoms. The number of nitrogens with one attached hydrogen (secondary N) is 2. The third kappa shape index (κ3) is 2.75. The Morgan fingerprint density at radius 1 is 1.33 bits per heavy atom. The number of carbonyl (C=O) groups excluding carboxylic acids is 1. The third-order valence-electron chi connectivity index (χ3n) is 2.20. The van der Waals surface area contributed by atoms with Gasteiger partial charge in [-0.25, -0.2) is 4.39 Å². The Bertz CT molecular complexity index is 655. The standard InChI is InChI=1S/C12H8ClFN2O2/c13-10-4-7(6-15-12(10)18)11(17)16-9-3-1-2-8(14)5-9/h1-6H,(H,15,18)(H,16,17). The van der Waals surface area contributed by atoms with Crippen LogP contribution in [0, 0.1) is 5.82 Å². The van der Waals surface area contributed by atoms with Gasteiger partial charge in [-0.2, -0.15) is 0 Å². The van der Waals surface area contributed by atoms with Crippen molar-refractivity contribution in [3.05, 3.63) is 63.3 Å². The summed E-state index contributed by atoms with van der Waals surface area (Å²) in [6.07, 6.45) is 1.24. The molecule has 92 valence electrons. The maximum absolute atomic E-state index is 12.9. The maximum Gasteiger partial charge on any atom is 0.266 e. The quantitative estimate of drug-likeness (QED) is 0.877. The Morgan fingerprint density at radius 2 is 2.11 bits per heavy atom. The molecule has 0 bridgehead atoms. The molecule has 0 radical (unpaired) electrons. The summed E-state index contributed by atoms with van der Waals surface area (Å²) in [5, 5.41) is 2.40. The largest absolute Gasteiger partial charge is 0.327 e. The second kappa shape index (κ2) is 5.01. The number of H-pyrrole nitrogens is 1. The van der Waals surface area contributed by atoms with Gasteiger partial charge in [0.15, 0.2) is 0 Å². The van der Waals surface area contributed by atoms with Crippen LogP contribution in [-0.4, -0.2) is 10.9 Å². The van der Waals surface area contributed by atoms with Crippen molar-refractivity contribution in [3.8, 4) is 0 Å². The van der Waals surface area contributed by atoms with E-state index in [4.69, 9.17) is 11.6 Å². The summed E-state index contributed by atoms with van der Waals surface area (Å²) in [4.78, 5) is 25.1. The van der Waals surface area contributed by atoms with Crippen molar-refractivity contribution >= 4 is 23.2 Å². The van der Waals surface area contributed by atoms with Crippen LogP contribution in [0.15, 0.2) is 41.3 Å². The molecule has 0 unspecified atom stereocenters. The SMILES string of the molecule is O=C(Nc1cccc(F)c1)c1c[nH]c(=O)c(Cl)c1. The summed E-state index contributed by atoms with van der Waals surface area (Å²) in [6, 6.07) is 6.73. The van der Waals surface area contributed by atoms with E-state index in [-0.39, 0.29) is 10.6 Å². The molecule has 0 fully saturated rings. The first-order valence-electron chi connectivity index (χ1n) is 5.01. The molecule has 0 aliphatic carbocycles. The Kier molecular flexibility index (Phi) is 3.43. The molecule has 2 N–H and O–H groups in total. The molecule has 18 heavy (non-hydrogen) atoms. The Hall–Kier alpha value is -2.14. The molecule has 4 nitrogen and oxygen atoms in total. The number of carbonyl (C=O) groups is 1. The number of pyridine rings is 1. The van der Waals surface area contributed by atoms with Crippen LogP contribution in [0.5, 0.6) is 0 Å². The van der Waals surface area contributed by atoms with E-state index in [1.54, 1.807) is 6.07 Å². The lowest BCUT2D eigenvalue weighted by Crippen LogP contribution is -2.15. The molecule has 1 aromatic carbocycles. The number of aromatic nitrogens is 1. The van der Waals surface area contributed by atoms with Crippen molar-refractivity contribution in [2.45, 2.75) is 0 Å². The highest BCUT2D eigenvalue weighted by atomic mass is 35.5. The Morgan fingerprint density at radius 3 is 2.78 bits per heavy atom. The first-order valence-corrected chi connectivity index (χ1v) is 5.39. The van der Waals surface area contributed by atoms with Gasteiger partial charge in [-0.05, 0) is 24.3 Å². The molecule has 1 amide bonds. The van der Waals surface area contributed by atoms with E-state index in [0.29, 0.717) is 5.69 Å². The fourth-order valence-electron chi connectivity index (χ4n) is 1.36. The molecule has 1 aromatic heterocycles. The predicted molar refractivity (Wildman–Crippen MR) is 66.4 cm³/mol. The van der Waals surface area contributed by atoms with Crippen molar-refractivity contribution in [3.63, 3.8) is 0 Å². The zero-order valence-electron chi connectivity index (χ0n) is 9.04. The number of amides is 1. The third-order valence-corrected chi connectivity index (χ3v) is 2.48. The number of halogens is 2. The van der Waals surface area contributed by atoms with Crippen molar-refractivity contribution in [1.82, 2.24) is 4.98 Å². The van der Waals surface area contributed by atoms with Gasteiger partial charge in [0.1, 0.15) is 10.8 Å². The van der Waals surface area contributed by atoms with Crippen LogP contribution in [0.2, 0.25) is 5.02 Å². The Balaban J connectivity index is 2.22. The summed E-state index contributed by atoms with van der Waals surface area (Å²) in [5.41, 5.74) is 0.0326. The predicted octanol–water partition coefficient (Wildman–Crippen LogP) is 2.42. The van der Waals surface area contributed by atoms with Crippen LogP contribution in [0.1, 0.15) is 10.4 Å². The van der Waals surface area contributed by atoms with Gasteiger partial charge in [0.25, 0.3) is 11.5 Å². The van der Waals surface area contributed by atoms with E-state index in [0.717, 1.165) is 0 Å². The average molecular weight is 267 g/mol. The Labute approximate surface area is 106 Å². The molecule has 0 atom stereocenters. The van der Waals surface area contributed by atoms with Crippen LogP contribution in [-0.2, 0) is 0 Å². The monoisotopic (exact) mass is 266 g/mol. The molecule has 0 aliphatic rings. The second-order valence-electron chi connectivity index (χ2n) is 3.53. The number of anilines is 1. The lowest BCUT2D eigenvalue weighted by molar-refractivity contribution is 0.102. The highest BCUT2D eigenvalue weighted by Crippen LogP contribution is 2.11. The molecule has 2 aromatic rings.